The van der Waals surface area contributed by atoms with Crippen LogP contribution in [0.15, 0.2) is 47.9 Å². The summed E-state index contributed by atoms with van der Waals surface area (Å²) in [5, 5.41) is 8.53. The van der Waals surface area contributed by atoms with Crippen LogP contribution in [0.2, 0.25) is 0 Å². The summed E-state index contributed by atoms with van der Waals surface area (Å²) in [5.41, 5.74) is 0.687. The summed E-state index contributed by atoms with van der Waals surface area (Å²) in [7, 11) is -3.82. The highest BCUT2D eigenvalue weighted by Crippen LogP contribution is 2.15. The molecule has 0 aliphatic carbocycles. The number of sulfonamides is 1. The number of nitrogens with one attached hydrogen (secondary N) is 1. The third-order valence-electron chi connectivity index (χ3n) is 2.80. The standard InChI is InChI=1S/C13H13N3O4S/c1-9(10-4-6-14-7-5-10)16-21(19,20)12-3-2-11(8-15-12)13(17)18/h2-9,16H,1H3,(H,17,18). The number of rotatable bonds is 5. The van der Waals surface area contributed by atoms with Crippen LogP contribution in [0.5, 0.6) is 0 Å². The molecule has 0 spiro atoms. The van der Waals surface area contributed by atoms with Crippen LogP contribution in [-0.4, -0.2) is 29.5 Å². The first-order valence-corrected chi connectivity index (χ1v) is 7.50. The van der Waals surface area contributed by atoms with Crippen LogP contribution in [0.1, 0.15) is 28.9 Å². The Morgan fingerprint density at radius 1 is 1.24 bits per heavy atom. The third kappa shape index (κ3) is 3.61. The van der Waals surface area contributed by atoms with Gasteiger partial charge in [-0.2, -0.15) is 0 Å². The molecule has 0 bridgehead atoms. The number of hydrogen-bond acceptors (Lipinski definition) is 5. The molecule has 0 aliphatic heterocycles. The predicted molar refractivity (Wildman–Crippen MR) is 74.2 cm³/mol. The minimum Gasteiger partial charge on any atom is -0.478 e. The number of pyridine rings is 2. The van der Waals surface area contributed by atoms with Crippen molar-refractivity contribution in [3.8, 4) is 0 Å². The summed E-state index contributed by atoms with van der Waals surface area (Å²) in [6, 6.07) is 5.30. The lowest BCUT2D eigenvalue weighted by Crippen LogP contribution is -2.27. The molecule has 2 rings (SSSR count). The van der Waals surface area contributed by atoms with E-state index in [1.165, 1.54) is 6.07 Å². The maximum Gasteiger partial charge on any atom is 0.337 e. The summed E-state index contributed by atoms with van der Waals surface area (Å²) < 4.78 is 26.8. The fraction of sp³-hybridized carbons (Fsp3) is 0.154. The molecule has 0 aliphatic rings. The number of nitrogens with zero attached hydrogens (tertiary/aromatic N) is 2. The largest absolute Gasteiger partial charge is 0.478 e. The lowest BCUT2D eigenvalue weighted by Gasteiger charge is -2.13. The van der Waals surface area contributed by atoms with E-state index in [9.17, 15) is 13.2 Å². The van der Waals surface area contributed by atoms with E-state index in [1.807, 2.05) is 0 Å². The fourth-order valence-electron chi connectivity index (χ4n) is 1.68. The molecule has 0 saturated carbocycles. The van der Waals surface area contributed by atoms with Crippen molar-refractivity contribution in [3.63, 3.8) is 0 Å². The van der Waals surface area contributed by atoms with E-state index in [-0.39, 0.29) is 10.6 Å². The zero-order chi connectivity index (χ0) is 15.5. The molecule has 2 aromatic rings. The van der Waals surface area contributed by atoms with Crippen molar-refractivity contribution in [3.05, 3.63) is 54.0 Å². The molecule has 8 heteroatoms. The molecule has 1 unspecified atom stereocenters. The second-order valence-corrected chi connectivity index (χ2v) is 5.97. The van der Waals surface area contributed by atoms with E-state index in [1.54, 1.807) is 31.5 Å². The fourth-order valence-corrected chi connectivity index (χ4v) is 2.84. The highest BCUT2D eigenvalue weighted by Gasteiger charge is 2.20. The van der Waals surface area contributed by atoms with Crippen LogP contribution in [0, 0.1) is 0 Å². The van der Waals surface area contributed by atoms with Gasteiger partial charge in [0, 0.05) is 24.6 Å². The Hall–Kier alpha value is -2.32. The Bertz CT molecular complexity index is 730. The number of hydrogen-bond donors (Lipinski definition) is 2. The SMILES string of the molecule is CC(NS(=O)(=O)c1ccc(C(=O)O)cn1)c1ccncc1. The second kappa shape index (κ2) is 5.98. The molecule has 0 saturated heterocycles. The molecule has 0 radical (unpaired) electrons. The van der Waals surface area contributed by atoms with Gasteiger partial charge in [-0.15, -0.1) is 0 Å². The molecular weight excluding hydrogens is 294 g/mol. The van der Waals surface area contributed by atoms with Gasteiger partial charge in [-0.25, -0.2) is 22.9 Å². The average molecular weight is 307 g/mol. The molecule has 0 fully saturated rings. The smallest absolute Gasteiger partial charge is 0.337 e. The normalized spacial score (nSPS) is 12.8. The van der Waals surface area contributed by atoms with Gasteiger partial charge in [0.2, 0.25) is 0 Å². The van der Waals surface area contributed by atoms with Gasteiger partial charge in [0.25, 0.3) is 10.0 Å². The van der Waals surface area contributed by atoms with Crippen LogP contribution in [0.3, 0.4) is 0 Å². The van der Waals surface area contributed by atoms with Crippen molar-refractivity contribution in [1.82, 2.24) is 14.7 Å². The van der Waals surface area contributed by atoms with E-state index in [0.717, 1.165) is 17.8 Å². The molecule has 7 nitrogen and oxygen atoms in total. The number of carboxylic acid groups (broad SMARTS) is 1. The highest BCUT2D eigenvalue weighted by molar-refractivity contribution is 7.89. The van der Waals surface area contributed by atoms with E-state index in [0.29, 0.717) is 0 Å². The Morgan fingerprint density at radius 3 is 2.43 bits per heavy atom. The topological polar surface area (TPSA) is 109 Å². The number of carboxylic acids is 1. The lowest BCUT2D eigenvalue weighted by molar-refractivity contribution is 0.0696. The van der Waals surface area contributed by atoms with E-state index < -0.39 is 22.0 Å². The molecule has 2 aromatic heterocycles. The summed E-state index contributed by atoms with van der Waals surface area (Å²) in [6.07, 6.45) is 4.15. The number of aromatic nitrogens is 2. The Balaban J connectivity index is 2.20. The molecule has 2 heterocycles. The molecule has 0 amide bonds. The minimum absolute atomic E-state index is 0.0730. The quantitative estimate of drug-likeness (QED) is 0.859. The van der Waals surface area contributed by atoms with Gasteiger partial charge in [0.15, 0.2) is 5.03 Å². The summed E-state index contributed by atoms with van der Waals surface area (Å²) in [5.74, 6) is -1.16. The summed E-state index contributed by atoms with van der Waals surface area (Å²) in [6.45, 7) is 1.69. The molecule has 2 N–H and O–H groups in total. The van der Waals surface area contributed by atoms with Crippen LogP contribution >= 0.6 is 0 Å². The third-order valence-corrected chi connectivity index (χ3v) is 4.25. The van der Waals surface area contributed by atoms with Crippen molar-refractivity contribution in [2.45, 2.75) is 18.0 Å². The zero-order valence-corrected chi connectivity index (χ0v) is 11.9. The van der Waals surface area contributed by atoms with Crippen molar-refractivity contribution in [2.24, 2.45) is 0 Å². The van der Waals surface area contributed by atoms with Crippen molar-refractivity contribution >= 4 is 16.0 Å². The maximum atomic E-state index is 12.2. The Labute approximate surface area is 121 Å². The average Bonchev–Trinajstić information content (AvgIpc) is 2.48. The van der Waals surface area contributed by atoms with Crippen molar-refractivity contribution in [2.75, 3.05) is 0 Å². The van der Waals surface area contributed by atoms with Crippen LogP contribution < -0.4 is 4.72 Å². The monoisotopic (exact) mass is 307 g/mol. The van der Waals surface area contributed by atoms with Crippen molar-refractivity contribution in [1.29, 1.82) is 0 Å². The summed E-state index contributed by atoms with van der Waals surface area (Å²) >= 11 is 0. The minimum atomic E-state index is -3.82. The first kappa shape index (κ1) is 15.1. The van der Waals surface area contributed by atoms with Gasteiger partial charge in [0.1, 0.15) is 0 Å². The second-order valence-electron chi connectivity index (χ2n) is 4.31. The van der Waals surface area contributed by atoms with Crippen molar-refractivity contribution < 1.29 is 18.3 Å². The number of aromatic carboxylic acids is 1. The molecule has 1 atom stereocenters. The molecule has 0 aromatic carbocycles. The zero-order valence-electron chi connectivity index (χ0n) is 11.1. The summed E-state index contributed by atoms with van der Waals surface area (Å²) in [4.78, 5) is 18.3. The first-order valence-electron chi connectivity index (χ1n) is 6.02. The Morgan fingerprint density at radius 2 is 1.90 bits per heavy atom. The van der Waals surface area contributed by atoms with Gasteiger partial charge in [-0.1, -0.05) is 0 Å². The highest BCUT2D eigenvalue weighted by atomic mass is 32.2. The molecule has 110 valence electrons. The van der Waals surface area contributed by atoms with Crippen LogP contribution in [0.25, 0.3) is 0 Å². The molecular formula is C13H13N3O4S. The van der Waals surface area contributed by atoms with Crippen LogP contribution in [0.4, 0.5) is 0 Å². The van der Waals surface area contributed by atoms with Gasteiger partial charge in [-0.05, 0) is 36.8 Å². The van der Waals surface area contributed by atoms with Gasteiger partial charge in [0.05, 0.1) is 5.56 Å². The number of carbonyl (C=O) groups is 1. The maximum absolute atomic E-state index is 12.2. The van der Waals surface area contributed by atoms with Gasteiger partial charge in [-0.3, -0.25) is 4.98 Å². The van der Waals surface area contributed by atoms with Gasteiger partial charge >= 0.3 is 5.97 Å². The first-order chi connectivity index (χ1) is 9.90. The van der Waals surface area contributed by atoms with E-state index in [2.05, 4.69) is 14.7 Å². The van der Waals surface area contributed by atoms with E-state index >= 15 is 0 Å². The lowest BCUT2D eigenvalue weighted by atomic mass is 10.1. The predicted octanol–water partition coefficient (Wildman–Crippen LogP) is 1.21. The van der Waals surface area contributed by atoms with E-state index in [4.69, 9.17) is 5.11 Å². The van der Waals surface area contributed by atoms with Crippen LogP contribution in [-0.2, 0) is 10.0 Å². The molecule has 21 heavy (non-hydrogen) atoms. The Kier molecular flexibility index (Phi) is 4.29. The van der Waals surface area contributed by atoms with Gasteiger partial charge < -0.3 is 5.11 Å².